The molecule has 1 heterocycles. The maximum Gasteiger partial charge on any atom is 0.246 e. The van der Waals surface area contributed by atoms with Gasteiger partial charge < -0.3 is 9.64 Å². The van der Waals surface area contributed by atoms with Crippen molar-refractivity contribution in [1.82, 2.24) is 25.1 Å². The fourth-order valence-corrected chi connectivity index (χ4v) is 2.67. The van der Waals surface area contributed by atoms with Crippen molar-refractivity contribution in [3.63, 3.8) is 0 Å². The third-order valence-corrected chi connectivity index (χ3v) is 4.33. The molecule has 0 spiro atoms. The molecule has 0 fully saturated rings. The lowest BCUT2D eigenvalue weighted by molar-refractivity contribution is -0.131. The molecular formula is C20H23N5O2. The Labute approximate surface area is 158 Å². The molecule has 3 aromatic rings. The Balaban J connectivity index is 1.62. The summed E-state index contributed by atoms with van der Waals surface area (Å²) in [6.07, 6.45) is 1.00. The van der Waals surface area contributed by atoms with Crippen LogP contribution in [0.4, 0.5) is 0 Å². The smallest absolute Gasteiger partial charge is 0.246 e. The van der Waals surface area contributed by atoms with E-state index >= 15 is 0 Å². The summed E-state index contributed by atoms with van der Waals surface area (Å²) in [7, 11) is 3.38. The highest BCUT2D eigenvalue weighted by Crippen LogP contribution is 2.19. The van der Waals surface area contributed by atoms with Crippen molar-refractivity contribution < 1.29 is 9.53 Å². The van der Waals surface area contributed by atoms with Crippen LogP contribution >= 0.6 is 0 Å². The van der Waals surface area contributed by atoms with Crippen LogP contribution in [-0.2, 0) is 24.3 Å². The zero-order valence-electron chi connectivity index (χ0n) is 15.8. The summed E-state index contributed by atoms with van der Waals surface area (Å²) in [5, 5.41) is 12.3. The number of hydrogen-bond donors (Lipinski definition) is 0. The van der Waals surface area contributed by atoms with Gasteiger partial charge >= 0.3 is 0 Å². The number of ether oxygens (including phenoxy) is 1. The molecule has 0 aliphatic carbocycles. The number of aromatic nitrogens is 4. The summed E-state index contributed by atoms with van der Waals surface area (Å²) in [6, 6.07) is 15.7. The second kappa shape index (κ2) is 8.44. The molecule has 2 aromatic carbocycles. The SMILES string of the molecule is CCc1ccc(CN(C)C(=O)Cn2nnc(-c3cccc(OC)c3)n2)cc1. The molecule has 7 heteroatoms. The second-order valence-electron chi connectivity index (χ2n) is 6.30. The molecule has 0 bridgehead atoms. The minimum Gasteiger partial charge on any atom is -0.497 e. The molecule has 0 saturated carbocycles. The van der Waals surface area contributed by atoms with Crippen molar-refractivity contribution in [2.24, 2.45) is 0 Å². The van der Waals surface area contributed by atoms with Crippen molar-refractivity contribution in [3.8, 4) is 17.1 Å². The molecule has 140 valence electrons. The Bertz CT molecular complexity index is 905. The highest BCUT2D eigenvalue weighted by molar-refractivity contribution is 5.75. The summed E-state index contributed by atoms with van der Waals surface area (Å²) < 4.78 is 5.21. The first-order chi connectivity index (χ1) is 13.1. The molecule has 3 rings (SSSR count). The molecule has 0 unspecified atom stereocenters. The van der Waals surface area contributed by atoms with E-state index in [1.165, 1.54) is 10.4 Å². The first-order valence-corrected chi connectivity index (χ1v) is 8.83. The molecule has 0 atom stereocenters. The van der Waals surface area contributed by atoms with Crippen LogP contribution in [0, 0.1) is 0 Å². The van der Waals surface area contributed by atoms with Gasteiger partial charge in [0.15, 0.2) is 0 Å². The van der Waals surface area contributed by atoms with Crippen molar-refractivity contribution >= 4 is 5.91 Å². The van der Waals surface area contributed by atoms with Crippen LogP contribution in [0.25, 0.3) is 11.4 Å². The van der Waals surface area contributed by atoms with Crippen LogP contribution in [0.5, 0.6) is 5.75 Å². The lowest BCUT2D eigenvalue weighted by Gasteiger charge is -2.17. The Morgan fingerprint density at radius 2 is 1.89 bits per heavy atom. The van der Waals surface area contributed by atoms with Gasteiger partial charge in [-0.25, -0.2) is 0 Å². The maximum atomic E-state index is 12.5. The van der Waals surface area contributed by atoms with E-state index in [2.05, 4.69) is 46.6 Å². The van der Waals surface area contributed by atoms with E-state index in [-0.39, 0.29) is 12.5 Å². The van der Waals surface area contributed by atoms with Gasteiger partial charge in [0.05, 0.1) is 7.11 Å². The molecule has 7 nitrogen and oxygen atoms in total. The Morgan fingerprint density at radius 3 is 2.59 bits per heavy atom. The highest BCUT2D eigenvalue weighted by Gasteiger charge is 2.13. The average Bonchev–Trinajstić information content (AvgIpc) is 3.17. The van der Waals surface area contributed by atoms with Gasteiger partial charge in [-0.3, -0.25) is 4.79 Å². The van der Waals surface area contributed by atoms with Gasteiger partial charge in [0.1, 0.15) is 12.3 Å². The molecule has 0 aliphatic rings. The summed E-state index contributed by atoms with van der Waals surface area (Å²) in [5.41, 5.74) is 3.16. The highest BCUT2D eigenvalue weighted by atomic mass is 16.5. The lowest BCUT2D eigenvalue weighted by atomic mass is 10.1. The first-order valence-electron chi connectivity index (χ1n) is 8.83. The largest absolute Gasteiger partial charge is 0.497 e. The van der Waals surface area contributed by atoms with Crippen molar-refractivity contribution in [1.29, 1.82) is 0 Å². The monoisotopic (exact) mass is 365 g/mol. The van der Waals surface area contributed by atoms with Gasteiger partial charge in [-0.05, 0) is 34.9 Å². The Kier molecular flexibility index (Phi) is 5.80. The Morgan fingerprint density at radius 1 is 1.15 bits per heavy atom. The predicted molar refractivity (Wildman–Crippen MR) is 102 cm³/mol. The van der Waals surface area contributed by atoms with Crippen LogP contribution in [0.2, 0.25) is 0 Å². The molecule has 0 radical (unpaired) electrons. The summed E-state index contributed by atoms with van der Waals surface area (Å²) in [4.78, 5) is 15.4. The summed E-state index contributed by atoms with van der Waals surface area (Å²) in [5.74, 6) is 1.09. The van der Waals surface area contributed by atoms with Crippen LogP contribution < -0.4 is 4.74 Å². The number of carbonyl (C=O) groups is 1. The number of carbonyl (C=O) groups excluding carboxylic acids is 1. The van der Waals surface area contributed by atoms with Crippen LogP contribution in [0.3, 0.4) is 0 Å². The third kappa shape index (κ3) is 4.69. The maximum absolute atomic E-state index is 12.5. The van der Waals surface area contributed by atoms with Crippen molar-refractivity contribution in [3.05, 3.63) is 59.7 Å². The van der Waals surface area contributed by atoms with Crippen molar-refractivity contribution in [2.45, 2.75) is 26.4 Å². The zero-order chi connectivity index (χ0) is 19.2. The topological polar surface area (TPSA) is 73.1 Å². The molecule has 1 amide bonds. The number of benzene rings is 2. The van der Waals surface area contributed by atoms with Gasteiger partial charge in [0.25, 0.3) is 0 Å². The normalized spacial score (nSPS) is 10.6. The van der Waals surface area contributed by atoms with Gasteiger partial charge in [-0.2, -0.15) is 4.80 Å². The molecule has 0 N–H and O–H groups in total. The fraction of sp³-hybridized carbons (Fsp3) is 0.300. The number of amides is 1. The summed E-state index contributed by atoms with van der Waals surface area (Å²) in [6.45, 7) is 2.70. The average molecular weight is 365 g/mol. The number of aryl methyl sites for hydroxylation is 1. The van der Waals surface area contributed by atoms with E-state index in [9.17, 15) is 4.79 Å². The van der Waals surface area contributed by atoms with Crippen molar-refractivity contribution in [2.75, 3.05) is 14.2 Å². The number of methoxy groups -OCH3 is 1. The lowest BCUT2D eigenvalue weighted by Crippen LogP contribution is -2.30. The van der Waals surface area contributed by atoms with E-state index in [0.717, 1.165) is 17.5 Å². The van der Waals surface area contributed by atoms with Crippen LogP contribution in [0.15, 0.2) is 48.5 Å². The quantitative estimate of drug-likeness (QED) is 0.643. The fourth-order valence-electron chi connectivity index (χ4n) is 2.67. The van der Waals surface area contributed by atoms with Crippen LogP contribution in [-0.4, -0.2) is 45.2 Å². The van der Waals surface area contributed by atoms with E-state index in [4.69, 9.17) is 4.74 Å². The van der Waals surface area contributed by atoms with Gasteiger partial charge in [-0.1, -0.05) is 43.3 Å². The number of likely N-dealkylation sites (N-methyl/N-ethyl adjacent to an activating group) is 1. The molecule has 0 aliphatic heterocycles. The standard InChI is InChI=1S/C20H23N5O2/c1-4-15-8-10-16(11-9-15)13-24(2)19(26)14-25-22-20(21-23-25)17-6-5-7-18(12-17)27-3/h5-12H,4,13-14H2,1-3H3. The molecule has 27 heavy (non-hydrogen) atoms. The van der Waals surface area contributed by atoms with E-state index in [1.807, 2.05) is 24.3 Å². The Hall–Kier alpha value is -3.22. The summed E-state index contributed by atoms with van der Waals surface area (Å²) >= 11 is 0. The van der Waals surface area contributed by atoms with Gasteiger partial charge in [-0.15, -0.1) is 10.2 Å². The number of hydrogen-bond acceptors (Lipinski definition) is 5. The third-order valence-electron chi connectivity index (χ3n) is 4.33. The second-order valence-corrected chi connectivity index (χ2v) is 6.30. The van der Waals surface area contributed by atoms with E-state index in [1.54, 1.807) is 19.1 Å². The number of nitrogens with zero attached hydrogens (tertiary/aromatic N) is 5. The minimum absolute atomic E-state index is 0.0422. The first kappa shape index (κ1) is 18.6. The zero-order valence-corrected chi connectivity index (χ0v) is 15.8. The minimum atomic E-state index is -0.0795. The van der Waals surface area contributed by atoms with Gasteiger partial charge in [0.2, 0.25) is 11.7 Å². The van der Waals surface area contributed by atoms with E-state index in [0.29, 0.717) is 18.1 Å². The van der Waals surface area contributed by atoms with E-state index < -0.39 is 0 Å². The molecular weight excluding hydrogens is 342 g/mol. The number of tetrazole rings is 1. The molecule has 1 aromatic heterocycles. The molecule has 0 saturated heterocycles. The number of rotatable bonds is 7. The van der Waals surface area contributed by atoms with Gasteiger partial charge in [0, 0.05) is 19.2 Å². The predicted octanol–water partition coefficient (Wildman–Crippen LogP) is 2.57. The van der Waals surface area contributed by atoms with Crippen LogP contribution in [0.1, 0.15) is 18.1 Å².